The number of hydrogen-bond acceptors (Lipinski definition) is 3. The normalized spacial score (nSPS) is 34.2. The molecular formula is C6H9Cl6N3. The van der Waals surface area contributed by atoms with Crippen molar-refractivity contribution in [3.8, 4) is 0 Å². The zero-order valence-electron chi connectivity index (χ0n) is 7.50. The van der Waals surface area contributed by atoms with Gasteiger partial charge in [-0.25, -0.2) is 0 Å². The van der Waals surface area contributed by atoms with Crippen LogP contribution in [0.4, 0.5) is 0 Å². The Morgan fingerprint density at radius 2 is 1.07 bits per heavy atom. The van der Waals surface area contributed by atoms with E-state index in [9.17, 15) is 0 Å². The molecule has 1 aliphatic heterocycles. The van der Waals surface area contributed by atoms with Crippen LogP contribution in [-0.2, 0) is 0 Å². The minimum atomic E-state index is -1.52. The molecule has 0 aromatic rings. The predicted octanol–water partition coefficient (Wildman–Crippen LogP) is 2.51. The van der Waals surface area contributed by atoms with E-state index in [1.807, 2.05) is 6.92 Å². The van der Waals surface area contributed by atoms with Gasteiger partial charge in [-0.3, -0.25) is 16.0 Å². The smallest absolute Gasteiger partial charge is 0.218 e. The van der Waals surface area contributed by atoms with Crippen LogP contribution in [0.1, 0.15) is 6.92 Å². The van der Waals surface area contributed by atoms with Crippen molar-refractivity contribution in [2.75, 3.05) is 0 Å². The average Bonchev–Trinajstić information content (AvgIpc) is 1.99. The molecule has 2 atom stereocenters. The van der Waals surface area contributed by atoms with E-state index in [1.54, 1.807) is 0 Å². The summed E-state index contributed by atoms with van der Waals surface area (Å²) in [6, 6.07) is 0. The minimum Gasteiger partial charge on any atom is -0.283 e. The summed E-state index contributed by atoms with van der Waals surface area (Å²) in [4.78, 5) is 0. The summed E-state index contributed by atoms with van der Waals surface area (Å²) in [5, 5.41) is 8.78. The molecule has 1 heterocycles. The molecule has 90 valence electrons. The maximum absolute atomic E-state index is 5.74. The van der Waals surface area contributed by atoms with Gasteiger partial charge < -0.3 is 0 Å². The van der Waals surface area contributed by atoms with Gasteiger partial charge in [0.15, 0.2) is 0 Å². The van der Waals surface area contributed by atoms with Gasteiger partial charge in [0.2, 0.25) is 7.59 Å². The number of nitrogens with one attached hydrogen (secondary N) is 3. The molecule has 9 heteroatoms. The highest BCUT2D eigenvalue weighted by Crippen LogP contribution is 2.34. The van der Waals surface area contributed by atoms with E-state index in [4.69, 9.17) is 69.6 Å². The Labute approximate surface area is 118 Å². The Morgan fingerprint density at radius 3 is 1.33 bits per heavy atom. The fraction of sp³-hybridized carbons (Fsp3) is 1.00. The number of alkyl halides is 6. The van der Waals surface area contributed by atoms with Crippen LogP contribution in [0.3, 0.4) is 0 Å². The summed E-state index contributed by atoms with van der Waals surface area (Å²) < 4.78 is -3.05. The van der Waals surface area contributed by atoms with E-state index in [0.29, 0.717) is 0 Å². The fourth-order valence-electron chi connectivity index (χ4n) is 1.19. The molecule has 1 fully saturated rings. The molecular weight excluding hydrogens is 327 g/mol. The maximum atomic E-state index is 5.74. The van der Waals surface area contributed by atoms with Crippen LogP contribution in [0.2, 0.25) is 0 Å². The van der Waals surface area contributed by atoms with Crippen molar-refractivity contribution in [2.45, 2.75) is 33.0 Å². The van der Waals surface area contributed by atoms with Gasteiger partial charge in [-0.2, -0.15) is 0 Å². The van der Waals surface area contributed by atoms with Crippen molar-refractivity contribution in [3.63, 3.8) is 0 Å². The fourth-order valence-corrected chi connectivity index (χ4v) is 1.94. The molecule has 0 aromatic heterocycles. The average molecular weight is 336 g/mol. The molecule has 1 rings (SSSR count). The van der Waals surface area contributed by atoms with Gasteiger partial charge in [0.25, 0.3) is 0 Å². The molecule has 15 heavy (non-hydrogen) atoms. The molecule has 0 saturated carbocycles. The van der Waals surface area contributed by atoms with Crippen LogP contribution in [0.25, 0.3) is 0 Å². The van der Waals surface area contributed by atoms with Crippen LogP contribution in [-0.4, -0.2) is 26.1 Å². The van der Waals surface area contributed by atoms with Crippen molar-refractivity contribution in [1.29, 1.82) is 0 Å². The van der Waals surface area contributed by atoms with Crippen LogP contribution < -0.4 is 16.0 Å². The SMILES string of the molecule is CC1NC(C(Cl)(Cl)Cl)NC(C(Cl)(Cl)Cl)N1. The largest absolute Gasteiger partial charge is 0.283 e. The molecule has 3 nitrogen and oxygen atoms in total. The van der Waals surface area contributed by atoms with Gasteiger partial charge in [0, 0.05) is 0 Å². The van der Waals surface area contributed by atoms with Crippen LogP contribution in [0.5, 0.6) is 0 Å². The zero-order chi connectivity index (χ0) is 11.9. The highest BCUT2D eigenvalue weighted by atomic mass is 35.6. The molecule has 1 saturated heterocycles. The first kappa shape index (κ1) is 14.7. The van der Waals surface area contributed by atoms with E-state index in [1.165, 1.54) is 0 Å². The number of halogens is 6. The number of hydrogen-bond donors (Lipinski definition) is 3. The quantitative estimate of drug-likeness (QED) is 0.595. The number of rotatable bonds is 0. The molecule has 0 aliphatic carbocycles. The molecule has 0 amide bonds. The first-order valence-corrected chi connectivity index (χ1v) is 6.29. The maximum Gasteiger partial charge on any atom is 0.218 e. The Balaban J connectivity index is 2.73. The Hall–Kier alpha value is 1.62. The highest BCUT2D eigenvalue weighted by molar-refractivity contribution is 6.68. The van der Waals surface area contributed by atoms with E-state index < -0.39 is 19.9 Å². The van der Waals surface area contributed by atoms with Crippen molar-refractivity contribution in [2.24, 2.45) is 0 Å². The zero-order valence-corrected chi connectivity index (χ0v) is 12.0. The lowest BCUT2D eigenvalue weighted by molar-refractivity contribution is 0.212. The summed E-state index contributed by atoms with van der Waals surface area (Å²) in [5.41, 5.74) is 0. The summed E-state index contributed by atoms with van der Waals surface area (Å²) in [7, 11) is 0. The second-order valence-corrected chi connectivity index (χ2v) is 7.91. The third-order valence-electron chi connectivity index (χ3n) is 1.82. The summed E-state index contributed by atoms with van der Waals surface area (Å²) in [6.07, 6.45) is -1.34. The van der Waals surface area contributed by atoms with Gasteiger partial charge in [0.1, 0.15) is 12.3 Å². The third-order valence-corrected chi connectivity index (χ3v) is 3.13. The van der Waals surface area contributed by atoms with Gasteiger partial charge in [-0.1, -0.05) is 69.6 Å². The predicted molar refractivity (Wildman–Crippen MR) is 67.0 cm³/mol. The minimum absolute atomic E-state index is 0.146. The third kappa shape index (κ3) is 4.41. The van der Waals surface area contributed by atoms with Gasteiger partial charge in [0.05, 0.1) is 6.17 Å². The van der Waals surface area contributed by atoms with Crippen molar-refractivity contribution < 1.29 is 0 Å². The Morgan fingerprint density at radius 1 is 0.733 bits per heavy atom. The molecule has 0 aromatic carbocycles. The van der Waals surface area contributed by atoms with Gasteiger partial charge >= 0.3 is 0 Å². The molecule has 0 spiro atoms. The molecule has 2 unspecified atom stereocenters. The second-order valence-electron chi connectivity index (χ2n) is 3.17. The summed E-state index contributed by atoms with van der Waals surface area (Å²) in [5.74, 6) is 0. The lowest BCUT2D eigenvalue weighted by Gasteiger charge is -2.42. The van der Waals surface area contributed by atoms with Crippen molar-refractivity contribution in [3.05, 3.63) is 0 Å². The monoisotopic (exact) mass is 333 g/mol. The Kier molecular flexibility index (Phi) is 4.98. The highest BCUT2D eigenvalue weighted by Gasteiger charge is 2.44. The van der Waals surface area contributed by atoms with Crippen LogP contribution in [0.15, 0.2) is 0 Å². The summed E-state index contributed by atoms with van der Waals surface area (Å²) >= 11 is 34.4. The molecule has 0 bridgehead atoms. The van der Waals surface area contributed by atoms with E-state index in [0.717, 1.165) is 0 Å². The Bertz CT molecular complexity index is 202. The van der Waals surface area contributed by atoms with Crippen LogP contribution in [0, 0.1) is 0 Å². The molecule has 1 aliphatic rings. The van der Waals surface area contributed by atoms with Gasteiger partial charge in [-0.05, 0) is 6.92 Å². The molecule has 3 N–H and O–H groups in total. The summed E-state index contributed by atoms with van der Waals surface area (Å²) in [6.45, 7) is 1.83. The van der Waals surface area contributed by atoms with E-state index in [2.05, 4.69) is 16.0 Å². The van der Waals surface area contributed by atoms with Crippen molar-refractivity contribution in [1.82, 2.24) is 16.0 Å². The van der Waals surface area contributed by atoms with E-state index >= 15 is 0 Å². The van der Waals surface area contributed by atoms with Gasteiger partial charge in [-0.15, -0.1) is 0 Å². The van der Waals surface area contributed by atoms with Crippen LogP contribution >= 0.6 is 69.6 Å². The first-order valence-electron chi connectivity index (χ1n) is 4.02. The second kappa shape index (κ2) is 5.09. The standard InChI is InChI=1S/C6H9Cl6N3/c1-2-13-3(5(7,8)9)15-4(14-2)6(10,11)12/h2-4,13-15H,1H3. The lowest BCUT2D eigenvalue weighted by atomic mass is 10.3. The molecule has 0 radical (unpaired) electrons. The first-order chi connectivity index (χ1) is 6.60. The lowest BCUT2D eigenvalue weighted by Crippen LogP contribution is -2.72. The van der Waals surface area contributed by atoms with Crippen molar-refractivity contribution >= 4 is 69.6 Å². The topological polar surface area (TPSA) is 36.1 Å². The van der Waals surface area contributed by atoms with E-state index in [-0.39, 0.29) is 6.17 Å².